The highest BCUT2D eigenvalue weighted by atomic mass is 16.5. The molecule has 9 nitrogen and oxygen atoms in total. The molecule has 2 rings (SSSR count). The standard InChI is InChI=1S/C19H23N3O6/c1-10(22-15(24)12-8-6-7-9-13(12)16(22)25)17(26)28-11(2)14(23)20-18(27)21-19(3,4)5/h6-11H,1-5H3,(H2,20,21,23,27)/t10-,11+/m0/s1. The van der Waals surface area contributed by atoms with Gasteiger partial charge in [-0.3, -0.25) is 24.6 Å². The van der Waals surface area contributed by atoms with E-state index in [-0.39, 0.29) is 11.1 Å². The average Bonchev–Trinajstić information content (AvgIpc) is 2.83. The van der Waals surface area contributed by atoms with E-state index in [0.29, 0.717) is 0 Å². The molecule has 28 heavy (non-hydrogen) atoms. The fourth-order valence-electron chi connectivity index (χ4n) is 2.58. The summed E-state index contributed by atoms with van der Waals surface area (Å²) < 4.78 is 5.04. The van der Waals surface area contributed by atoms with Crippen molar-refractivity contribution in [3.05, 3.63) is 35.4 Å². The molecule has 9 heteroatoms. The van der Waals surface area contributed by atoms with E-state index >= 15 is 0 Å². The van der Waals surface area contributed by atoms with Crippen LogP contribution in [0.3, 0.4) is 0 Å². The summed E-state index contributed by atoms with van der Waals surface area (Å²) in [6.07, 6.45) is -1.30. The number of hydrogen-bond donors (Lipinski definition) is 2. The number of carbonyl (C=O) groups is 5. The van der Waals surface area contributed by atoms with Crippen LogP contribution in [0.15, 0.2) is 24.3 Å². The number of nitrogens with one attached hydrogen (secondary N) is 2. The SMILES string of the molecule is C[C@@H](OC(=O)[C@H](C)N1C(=O)c2ccccc2C1=O)C(=O)NC(=O)NC(C)(C)C. The van der Waals surface area contributed by atoms with Crippen molar-refractivity contribution in [2.24, 2.45) is 0 Å². The maximum Gasteiger partial charge on any atom is 0.329 e. The van der Waals surface area contributed by atoms with Gasteiger partial charge in [-0.05, 0) is 46.8 Å². The first kappa shape index (κ1) is 21.1. The van der Waals surface area contributed by atoms with Gasteiger partial charge < -0.3 is 10.1 Å². The number of nitrogens with zero attached hydrogens (tertiary/aromatic N) is 1. The molecule has 0 bridgehead atoms. The third kappa shape index (κ3) is 4.54. The Morgan fingerprint density at radius 1 is 1.00 bits per heavy atom. The van der Waals surface area contributed by atoms with Gasteiger partial charge in [-0.25, -0.2) is 9.59 Å². The lowest BCUT2D eigenvalue weighted by Crippen LogP contribution is -2.51. The summed E-state index contributed by atoms with van der Waals surface area (Å²) in [4.78, 5) is 61.7. The van der Waals surface area contributed by atoms with Crippen LogP contribution in [0.2, 0.25) is 0 Å². The zero-order valence-electron chi connectivity index (χ0n) is 16.4. The number of benzene rings is 1. The molecule has 1 heterocycles. The van der Waals surface area contributed by atoms with Gasteiger partial charge in [-0.2, -0.15) is 0 Å². The second kappa shape index (κ2) is 7.79. The number of esters is 1. The van der Waals surface area contributed by atoms with Gasteiger partial charge in [0.25, 0.3) is 17.7 Å². The average molecular weight is 389 g/mol. The van der Waals surface area contributed by atoms with Gasteiger partial charge in [0, 0.05) is 5.54 Å². The number of urea groups is 1. The van der Waals surface area contributed by atoms with Gasteiger partial charge in [0.2, 0.25) is 0 Å². The largest absolute Gasteiger partial charge is 0.451 e. The summed E-state index contributed by atoms with van der Waals surface area (Å²) in [7, 11) is 0. The first-order chi connectivity index (χ1) is 12.9. The predicted octanol–water partition coefficient (Wildman–Crippen LogP) is 1.23. The number of ether oxygens (including phenoxy) is 1. The number of amides is 5. The second-order valence-corrected chi connectivity index (χ2v) is 7.47. The summed E-state index contributed by atoms with van der Waals surface area (Å²) in [6, 6.07) is 4.27. The van der Waals surface area contributed by atoms with Crippen LogP contribution in [0.5, 0.6) is 0 Å². The topological polar surface area (TPSA) is 122 Å². The lowest BCUT2D eigenvalue weighted by Gasteiger charge is -2.23. The molecule has 0 saturated heterocycles. The summed E-state index contributed by atoms with van der Waals surface area (Å²) in [5.41, 5.74) is -0.141. The van der Waals surface area contributed by atoms with E-state index in [1.807, 2.05) is 0 Å². The Morgan fingerprint density at radius 2 is 1.50 bits per heavy atom. The Kier molecular flexibility index (Phi) is 5.86. The van der Waals surface area contributed by atoms with Crippen molar-refractivity contribution in [3.63, 3.8) is 0 Å². The summed E-state index contributed by atoms with van der Waals surface area (Å²) in [5.74, 6) is -2.98. The molecular weight excluding hydrogens is 366 g/mol. The number of hydrogen-bond acceptors (Lipinski definition) is 6. The lowest BCUT2D eigenvalue weighted by molar-refractivity contribution is -0.157. The molecule has 0 saturated carbocycles. The molecule has 5 amide bonds. The minimum Gasteiger partial charge on any atom is -0.451 e. The van der Waals surface area contributed by atoms with Crippen molar-refractivity contribution < 1.29 is 28.7 Å². The van der Waals surface area contributed by atoms with Crippen LogP contribution in [0, 0.1) is 0 Å². The van der Waals surface area contributed by atoms with Crippen molar-refractivity contribution in [1.29, 1.82) is 0 Å². The Bertz CT molecular complexity index is 807. The van der Waals surface area contributed by atoms with Crippen LogP contribution < -0.4 is 10.6 Å². The van der Waals surface area contributed by atoms with Crippen molar-refractivity contribution in [3.8, 4) is 0 Å². The van der Waals surface area contributed by atoms with E-state index in [4.69, 9.17) is 4.74 Å². The number of fused-ring (bicyclic) bond motifs is 1. The second-order valence-electron chi connectivity index (χ2n) is 7.47. The first-order valence-electron chi connectivity index (χ1n) is 8.73. The first-order valence-corrected chi connectivity index (χ1v) is 8.73. The fraction of sp³-hybridized carbons (Fsp3) is 0.421. The summed E-state index contributed by atoms with van der Waals surface area (Å²) in [6.45, 7) is 7.84. The van der Waals surface area contributed by atoms with E-state index in [9.17, 15) is 24.0 Å². The van der Waals surface area contributed by atoms with Crippen LogP contribution >= 0.6 is 0 Å². The van der Waals surface area contributed by atoms with Crippen LogP contribution in [-0.4, -0.2) is 52.3 Å². The maximum absolute atomic E-state index is 12.4. The van der Waals surface area contributed by atoms with Gasteiger partial charge >= 0.3 is 12.0 Å². The summed E-state index contributed by atoms with van der Waals surface area (Å²) >= 11 is 0. The molecule has 0 fully saturated rings. The number of rotatable bonds is 4. The zero-order chi connectivity index (χ0) is 21.2. The Hall–Kier alpha value is -3.23. The van der Waals surface area contributed by atoms with E-state index in [2.05, 4.69) is 10.6 Å². The Morgan fingerprint density at radius 3 is 1.96 bits per heavy atom. The van der Waals surface area contributed by atoms with Gasteiger partial charge in [-0.1, -0.05) is 12.1 Å². The van der Waals surface area contributed by atoms with Crippen molar-refractivity contribution in [2.45, 2.75) is 52.3 Å². The number of imide groups is 2. The smallest absolute Gasteiger partial charge is 0.329 e. The monoisotopic (exact) mass is 389 g/mol. The third-order valence-electron chi connectivity index (χ3n) is 3.94. The highest BCUT2D eigenvalue weighted by Crippen LogP contribution is 2.24. The van der Waals surface area contributed by atoms with E-state index < -0.39 is 47.4 Å². The van der Waals surface area contributed by atoms with E-state index in [1.54, 1.807) is 32.9 Å². The van der Waals surface area contributed by atoms with E-state index in [1.165, 1.54) is 26.0 Å². The molecule has 0 unspecified atom stereocenters. The van der Waals surface area contributed by atoms with Gasteiger partial charge in [-0.15, -0.1) is 0 Å². The van der Waals surface area contributed by atoms with Crippen LogP contribution in [0.25, 0.3) is 0 Å². The maximum atomic E-state index is 12.4. The third-order valence-corrected chi connectivity index (χ3v) is 3.94. The highest BCUT2D eigenvalue weighted by molar-refractivity contribution is 6.22. The van der Waals surface area contributed by atoms with Crippen LogP contribution in [0.1, 0.15) is 55.3 Å². The molecule has 0 spiro atoms. The van der Waals surface area contributed by atoms with E-state index in [0.717, 1.165) is 4.90 Å². The van der Waals surface area contributed by atoms with Crippen LogP contribution in [0.4, 0.5) is 4.79 Å². The van der Waals surface area contributed by atoms with Crippen LogP contribution in [-0.2, 0) is 14.3 Å². The number of carbonyl (C=O) groups excluding carboxylic acids is 5. The molecule has 2 atom stereocenters. The lowest BCUT2D eigenvalue weighted by atomic mass is 10.1. The van der Waals surface area contributed by atoms with Crippen molar-refractivity contribution in [2.75, 3.05) is 0 Å². The van der Waals surface area contributed by atoms with Gasteiger partial charge in [0.1, 0.15) is 6.04 Å². The molecule has 0 radical (unpaired) electrons. The molecule has 1 aromatic carbocycles. The summed E-state index contributed by atoms with van der Waals surface area (Å²) in [5, 5.41) is 4.61. The van der Waals surface area contributed by atoms with Gasteiger partial charge in [0.05, 0.1) is 11.1 Å². The fourth-order valence-corrected chi connectivity index (χ4v) is 2.58. The molecule has 1 aromatic rings. The molecule has 0 aliphatic carbocycles. The van der Waals surface area contributed by atoms with Crippen molar-refractivity contribution >= 4 is 29.7 Å². The minimum atomic E-state index is -1.30. The molecule has 0 aromatic heterocycles. The molecule has 1 aliphatic rings. The zero-order valence-corrected chi connectivity index (χ0v) is 16.4. The molecule has 150 valence electrons. The van der Waals surface area contributed by atoms with Crippen molar-refractivity contribution in [1.82, 2.24) is 15.5 Å². The molecular formula is C19H23N3O6. The Labute approximate surface area is 162 Å². The predicted molar refractivity (Wildman–Crippen MR) is 98.4 cm³/mol. The molecule has 1 aliphatic heterocycles. The quantitative estimate of drug-likeness (QED) is 0.590. The highest BCUT2D eigenvalue weighted by Gasteiger charge is 2.41. The van der Waals surface area contributed by atoms with Gasteiger partial charge in [0.15, 0.2) is 6.10 Å². The molecule has 2 N–H and O–H groups in total. The Balaban J connectivity index is 1.99. The normalized spacial score (nSPS) is 15.5. The minimum absolute atomic E-state index is 0.205.